The summed E-state index contributed by atoms with van der Waals surface area (Å²) >= 11 is 25.2. The molecule has 3 rings (SSSR count). The van der Waals surface area contributed by atoms with Crippen LogP contribution < -0.4 is 0 Å². The molecule has 0 amide bonds. The molecular formula is C19H12Cl4O5S. The summed E-state index contributed by atoms with van der Waals surface area (Å²) in [5.41, 5.74) is -0.491. The molecular weight excluding hydrogens is 482 g/mol. The van der Waals surface area contributed by atoms with E-state index in [1.54, 1.807) is 6.07 Å². The Morgan fingerprint density at radius 2 is 1.21 bits per heavy atom. The van der Waals surface area contributed by atoms with Crippen molar-refractivity contribution < 1.29 is 23.2 Å². The Morgan fingerprint density at radius 3 is 1.72 bits per heavy atom. The Labute approximate surface area is 186 Å². The first-order valence-corrected chi connectivity index (χ1v) is 10.8. The molecule has 0 saturated heterocycles. The van der Waals surface area contributed by atoms with Crippen LogP contribution in [0.2, 0.25) is 20.1 Å². The largest absolute Gasteiger partial charge is 0.508 e. The topological polar surface area (TPSA) is 94.8 Å². The molecule has 0 saturated carbocycles. The third kappa shape index (κ3) is 3.65. The minimum Gasteiger partial charge on any atom is -0.508 e. The summed E-state index contributed by atoms with van der Waals surface area (Å²) in [5.74, 6) is -0.547. The Balaban J connectivity index is 2.66. The van der Waals surface area contributed by atoms with Crippen LogP contribution in [0.3, 0.4) is 0 Å². The molecule has 0 bridgehead atoms. The predicted molar refractivity (Wildman–Crippen MR) is 114 cm³/mol. The number of rotatable bonds is 4. The molecule has 1 unspecified atom stereocenters. The molecule has 3 aromatic carbocycles. The third-order valence-electron chi connectivity index (χ3n) is 4.35. The lowest BCUT2D eigenvalue weighted by Gasteiger charge is -2.35. The number of phenols is 2. The van der Waals surface area contributed by atoms with Crippen molar-refractivity contribution in [3.63, 3.8) is 0 Å². The van der Waals surface area contributed by atoms with E-state index in [1.165, 1.54) is 30.3 Å². The van der Waals surface area contributed by atoms with Crippen molar-refractivity contribution in [2.45, 2.75) is 4.75 Å². The van der Waals surface area contributed by atoms with Gasteiger partial charge in [-0.3, -0.25) is 4.55 Å². The third-order valence-corrected chi connectivity index (χ3v) is 7.01. The Morgan fingerprint density at radius 1 is 0.690 bits per heavy atom. The summed E-state index contributed by atoms with van der Waals surface area (Å²) in [6.45, 7) is 0. The molecule has 1 atom stereocenters. The summed E-state index contributed by atoms with van der Waals surface area (Å²) in [6, 6.07) is 11.6. The first kappa shape index (κ1) is 22.0. The molecule has 152 valence electrons. The van der Waals surface area contributed by atoms with Crippen molar-refractivity contribution >= 4 is 56.5 Å². The SMILES string of the molecule is O=S(=O)(O)C(c1ccccc1Cl)(c1ccc(O)cc1Cl)c1c(Cl)cc(O)cc1Cl. The molecule has 0 fully saturated rings. The molecule has 0 aliphatic heterocycles. The standard InChI is InChI=1S/C19H12Cl4O5S/c20-14-4-2-1-3-12(14)19(29(26,27)28,13-6-5-10(24)7-15(13)21)18-16(22)8-11(25)9-17(18)23/h1-9,24-25H,(H,26,27,28). The minimum atomic E-state index is -5.10. The fraction of sp³-hybridized carbons (Fsp3) is 0.0526. The van der Waals surface area contributed by atoms with Crippen molar-refractivity contribution in [2.75, 3.05) is 0 Å². The van der Waals surface area contributed by atoms with Crippen LogP contribution in [0.5, 0.6) is 11.5 Å². The number of aromatic hydroxyl groups is 2. The van der Waals surface area contributed by atoms with E-state index < -0.39 is 14.9 Å². The Hall–Kier alpha value is -1.67. The second-order valence-electron chi connectivity index (χ2n) is 6.08. The molecule has 0 aromatic heterocycles. The fourth-order valence-corrected chi connectivity index (χ4v) is 6.22. The van der Waals surface area contributed by atoms with Gasteiger partial charge in [0.1, 0.15) is 11.5 Å². The number of halogens is 4. The molecule has 29 heavy (non-hydrogen) atoms. The van der Waals surface area contributed by atoms with Gasteiger partial charge in [-0.25, -0.2) is 0 Å². The normalized spacial score (nSPS) is 13.8. The van der Waals surface area contributed by atoms with E-state index in [0.29, 0.717) is 0 Å². The first-order chi connectivity index (χ1) is 13.5. The lowest BCUT2D eigenvalue weighted by Crippen LogP contribution is -2.39. The van der Waals surface area contributed by atoms with Gasteiger partial charge in [-0.2, -0.15) is 8.42 Å². The zero-order valence-electron chi connectivity index (χ0n) is 14.3. The molecule has 3 N–H and O–H groups in total. The average Bonchev–Trinajstić information content (AvgIpc) is 2.58. The zero-order chi connectivity index (χ0) is 21.6. The van der Waals surface area contributed by atoms with Gasteiger partial charge >= 0.3 is 0 Å². The quantitative estimate of drug-likeness (QED) is 0.311. The first-order valence-electron chi connectivity index (χ1n) is 7.89. The van der Waals surface area contributed by atoms with E-state index in [2.05, 4.69) is 0 Å². The van der Waals surface area contributed by atoms with Gasteiger partial charge in [0, 0.05) is 26.7 Å². The Kier molecular flexibility index (Phi) is 5.98. The van der Waals surface area contributed by atoms with E-state index in [1.807, 2.05) is 0 Å². The number of hydrogen-bond acceptors (Lipinski definition) is 4. The van der Waals surface area contributed by atoms with Crippen molar-refractivity contribution in [2.24, 2.45) is 0 Å². The highest BCUT2D eigenvalue weighted by Crippen LogP contribution is 2.53. The molecule has 3 aromatic rings. The summed E-state index contributed by atoms with van der Waals surface area (Å²) in [5, 5.41) is 18.8. The van der Waals surface area contributed by atoms with Gasteiger partial charge < -0.3 is 10.2 Å². The Bertz CT molecular complexity index is 1190. The van der Waals surface area contributed by atoms with Gasteiger partial charge in [0.15, 0.2) is 4.75 Å². The van der Waals surface area contributed by atoms with Crippen molar-refractivity contribution in [3.05, 3.63) is 91.4 Å². The van der Waals surface area contributed by atoms with Gasteiger partial charge in [-0.15, -0.1) is 0 Å². The van der Waals surface area contributed by atoms with Gasteiger partial charge in [-0.05, 0) is 30.3 Å². The maximum atomic E-state index is 13.0. The van der Waals surface area contributed by atoms with E-state index in [-0.39, 0.29) is 48.3 Å². The molecule has 0 spiro atoms. The van der Waals surface area contributed by atoms with Crippen LogP contribution in [0.1, 0.15) is 16.7 Å². The molecule has 0 heterocycles. The van der Waals surface area contributed by atoms with Gasteiger partial charge in [-0.1, -0.05) is 70.7 Å². The van der Waals surface area contributed by atoms with Crippen molar-refractivity contribution in [1.82, 2.24) is 0 Å². The van der Waals surface area contributed by atoms with Gasteiger partial charge in [0.05, 0.1) is 10.0 Å². The molecule has 5 nitrogen and oxygen atoms in total. The number of benzene rings is 3. The average molecular weight is 494 g/mol. The highest BCUT2D eigenvalue weighted by molar-refractivity contribution is 7.87. The fourth-order valence-electron chi connectivity index (χ4n) is 3.25. The maximum absolute atomic E-state index is 13.0. The summed E-state index contributed by atoms with van der Waals surface area (Å²) < 4.78 is 34.1. The van der Waals surface area contributed by atoms with E-state index >= 15 is 0 Å². The number of phenolic OH excluding ortho intramolecular Hbond substituents is 2. The predicted octanol–water partition coefficient (Wildman–Crippen LogP) is 5.89. The summed E-state index contributed by atoms with van der Waals surface area (Å²) in [7, 11) is -5.10. The van der Waals surface area contributed by atoms with Crippen LogP contribution in [0, 0.1) is 0 Å². The van der Waals surface area contributed by atoms with E-state index in [4.69, 9.17) is 46.4 Å². The summed E-state index contributed by atoms with van der Waals surface area (Å²) in [6.07, 6.45) is 0. The molecule has 10 heteroatoms. The van der Waals surface area contributed by atoms with Crippen LogP contribution in [0.15, 0.2) is 54.6 Å². The van der Waals surface area contributed by atoms with Crippen molar-refractivity contribution in [3.8, 4) is 11.5 Å². The van der Waals surface area contributed by atoms with Crippen LogP contribution in [0.25, 0.3) is 0 Å². The second-order valence-corrected chi connectivity index (χ2v) is 9.28. The zero-order valence-corrected chi connectivity index (χ0v) is 18.1. The van der Waals surface area contributed by atoms with Crippen molar-refractivity contribution in [1.29, 1.82) is 0 Å². The van der Waals surface area contributed by atoms with E-state index in [9.17, 15) is 23.2 Å². The molecule has 0 radical (unpaired) electrons. The lowest BCUT2D eigenvalue weighted by atomic mass is 9.83. The van der Waals surface area contributed by atoms with E-state index in [0.717, 1.165) is 18.2 Å². The van der Waals surface area contributed by atoms with Crippen LogP contribution >= 0.6 is 46.4 Å². The van der Waals surface area contributed by atoms with Crippen LogP contribution in [-0.2, 0) is 14.9 Å². The van der Waals surface area contributed by atoms with Gasteiger partial charge in [0.25, 0.3) is 10.1 Å². The highest BCUT2D eigenvalue weighted by Gasteiger charge is 2.53. The molecule has 0 aliphatic carbocycles. The van der Waals surface area contributed by atoms with Gasteiger partial charge in [0.2, 0.25) is 0 Å². The smallest absolute Gasteiger partial charge is 0.283 e. The number of hydrogen-bond donors (Lipinski definition) is 3. The van der Waals surface area contributed by atoms with Crippen LogP contribution in [0.4, 0.5) is 0 Å². The highest BCUT2D eigenvalue weighted by atomic mass is 35.5. The van der Waals surface area contributed by atoms with Crippen LogP contribution in [-0.4, -0.2) is 23.2 Å². The minimum absolute atomic E-state index is 0.0190. The maximum Gasteiger partial charge on any atom is 0.283 e. The lowest BCUT2D eigenvalue weighted by molar-refractivity contribution is 0.456. The second kappa shape index (κ2) is 7.87. The molecule has 0 aliphatic rings. The summed E-state index contributed by atoms with van der Waals surface area (Å²) in [4.78, 5) is 0. The monoisotopic (exact) mass is 492 g/mol.